The van der Waals surface area contributed by atoms with Gasteiger partial charge in [-0.1, -0.05) is 33.8 Å². The van der Waals surface area contributed by atoms with Gasteiger partial charge in [-0.25, -0.2) is 0 Å². The van der Waals surface area contributed by atoms with Gasteiger partial charge in [-0.2, -0.15) is 13.2 Å². The lowest BCUT2D eigenvalue weighted by Gasteiger charge is -2.37. The average Bonchev–Trinajstić information content (AvgIpc) is 2.48. The number of hydrogen-bond donors (Lipinski definition) is 0. The molecule has 0 aliphatic rings. The molecule has 0 N–H and O–H groups in total. The van der Waals surface area contributed by atoms with E-state index in [1.54, 1.807) is 0 Å². The van der Waals surface area contributed by atoms with Gasteiger partial charge in [0, 0.05) is 18.2 Å². The van der Waals surface area contributed by atoms with Crippen LogP contribution in [-0.2, 0) is 17.0 Å². The number of rotatable bonds is 7. The Kier molecular flexibility index (Phi) is 7.03. The molecule has 0 radical (unpaired) electrons. The van der Waals surface area contributed by atoms with Crippen molar-refractivity contribution in [3.8, 4) is 0 Å². The van der Waals surface area contributed by atoms with E-state index in [0.717, 1.165) is 18.2 Å². The summed E-state index contributed by atoms with van der Waals surface area (Å²) >= 11 is 0. The summed E-state index contributed by atoms with van der Waals surface area (Å²) in [6.07, 6.45) is -4.22. The lowest BCUT2D eigenvalue weighted by molar-refractivity contribution is -0.385. The largest absolute Gasteiger partial charge is 0.417 e. The summed E-state index contributed by atoms with van der Waals surface area (Å²) in [6, 6.07) is 3.11. The zero-order valence-corrected chi connectivity index (χ0v) is 17.2. The quantitative estimate of drug-likeness (QED) is 0.316. The molecule has 148 valence electrons. The van der Waals surface area contributed by atoms with Crippen LogP contribution in [0, 0.1) is 16.0 Å². The van der Waals surface area contributed by atoms with Crippen LogP contribution < -0.4 is 0 Å². The average molecular weight is 392 g/mol. The Bertz CT molecular complexity index is 640. The fourth-order valence-electron chi connectivity index (χ4n) is 2.32. The zero-order chi connectivity index (χ0) is 20.3. The highest BCUT2D eigenvalue weighted by Gasteiger charge is 2.38. The minimum absolute atomic E-state index is 0.00465. The molecule has 0 heterocycles. The molecule has 8 heteroatoms. The maximum Gasteiger partial charge on any atom is 0.416 e. The number of nitro groups is 1. The predicted molar refractivity (Wildman–Crippen MR) is 98.7 cm³/mol. The number of benzene rings is 1. The van der Waals surface area contributed by atoms with Crippen LogP contribution in [0.5, 0.6) is 0 Å². The topological polar surface area (TPSA) is 52.4 Å². The Morgan fingerprint density at radius 2 is 1.81 bits per heavy atom. The summed E-state index contributed by atoms with van der Waals surface area (Å²) in [5.41, 5.74) is -1.65. The van der Waals surface area contributed by atoms with Crippen LogP contribution in [0.4, 0.5) is 18.9 Å². The van der Waals surface area contributed by atoms with Gasteiger partial charge in [-0.3, -0.25) is 10.1 Å². The zero-order valence-electron chi connectivity index (χ0n) is 16.2. The van der Waals surface area contributed by atoms with Gasteiger partial charge in [0.1, 0.15) is 0 Å². The van der Waals surface area contributed by atoms with Crippen LogP contribution in [-0.4, -0.2) is 19.8 Å². The van der Waals surface area contributed by atoms with E-state index < -0.39 is 30.7 Å². The first-order valence-electron chi connectivity index (χ1n) is 8.64. The van der Waals surface area contributed by atoms with Crippen molar-refractivity contribution in [2.45, 2.75) is 64.8 Å². The normalized spacial score (nSPS) is 14.3. The van der Waals surface area contributed by atoms with E-state index >= 15 is 0 Å². The van der Waals surface area contributed by atoms with Gasteiger partial charge >= 0.3 is 6.18 Å². The van der Waals surface area contributed by atoms with Crippen LogP contribution in [0.3, 0.4) is 0 Å². The summed E-state index contributed by atoms with van der Waals surface area (Å²) in [5, 5.41) is 11.2. The minimum Gasteiger partial charge on any atom is -0.417 e. The first-order valence-corrected chi connectivity index (χ1v) is 11.5. The molecule has 1 aromatic rings. The number of alkyl halides is 3. The molecular formula is C18H28F3NO3Si. The molecule has 0 bridgehead atoms. The Balaban J connectivity index is 2.88. The van der Waals surface area contributed by atoms with Gasteiger partial charge in [-0.05, 0) is 43.0 Å². The third kappa shape index (κ3) is 5.80. The Morgan fingerprint density at radius 3 is 2.27 bits per heavy atom. The number of halogens is 3. The van der Waals surface area contributed by atoms with Crippen LogP contribution in [0.1, 0.15) is 45.2 Å². The highest BCUT2D eigenvalue weighted by Crippen LogP contribution is 2.38. The molecule has 0 saturated heterocycles. The predicted octanol–water partition coefficient (Wildman–Crippen LogP) is 6.20. The minimum atomic E-state index is -4.61. The van der Waals surface area contributed by atoms with E-state index in [4.69, 9.17) is 4.43 Å². The second kappa shape index (κ2) is 8.08. The molecular weight excluding hydrogens is 363 g/mol. The van der Waals surface area contributed by atoms with Gasteiger partial charge < -0.3 is 4.43 Å². The number of nitro benzene ring substituents is 1. The number of nitrogens with zero attached hydrogens (tertiary/aromatic N) is 1. The third-order valence-corrected chi connectivity index (χ3v) is 9.58. The van der Waals surface area contributed by atoms with Crippen molar-refractivity contribution in [2.75, 3.05) is 6.61 Å². The fraction of sp³-hybridized carbons (Fsp3) is 0.667. The lowest BCUT2D eigenvalue weighted by atomic mass is 9.96. The van der Waals surface area contributed by atoms with E-state index in [1.165, 1.54) is 0 Å². The molecule has 1 aromatic carbocycles. The molecule has 0 aromatic heterocycles. The molecule has 0 fully saturated rings. The van der Waals surface area contributed by atoms with Gasteiger partial charge in [0.15, 0.2) is 8.32 Å². The molecule has 1 rings (SSSR count). The summed E-state index contributed by atoms with van der Waals surface area (Å²) in [7, 11) is -1.93. The van der Waals surface area contributed by atoms with Gasteiger partial charge in [0.25, 0.3) is 5.69 Å². The summed E-state index contributed by atoms with van der Waals surface area (Å²) < 4.78 is 45.7. The molecule has 1 unspecified atom stereocenters. The van der Waals surface area contributed by atoms with Crippen LogP contribution in [0.2, 0.25) is 18.1 Å². The highest BCUT2D eigenvalue weighted by molar-refractivity contribution is 6.74. The molecule has 1 atom stereocenters. The Hall–Kier alpha value is -1.41. The first-order chi connectivity index (χ1) is 11.7. The first kappa shape index (κ1) is 22.6. The second-order valence-corrected chi connectivity index (χ2v) is 13.1. The van der Waals surface area contributed by atoms with Crippen molar-refractivity contribution >= 4 is 14.0 Å². The molecule has 26 heavy (non-hydrogen) atoms. The van der Waals surface area contributed by atoms with E-state index in [0.29, 0.717) is 13.0 Å². The van der Waals surface area contributed by atoms with Crippen molar-refractivity contribution in [1.82, 2.24) is 0 Å². The van der Waals surface area contributed by atoms with Gasteiger partial charge in [-0.15, -0.1) is 0 Å². The second-order valence-electron chi connectivity index (χ2n) is 8.27. The van der Waals surface area contributed by atoms with Crippen molar-refractivity contribution < 1.29 is 22.5 Å². The SMILES string of the molecule is CC(CCc1c([N+](=O)[O-])cccc1C(F)(F)F)CO[Si](C)(C)C(C)(C)C. The molecule has 0 saturated carbocycles. The molecule has 0 aliphatic carbocycles. The lowest BCUT2D eigenvalue weighted by Crippen LogP contribution is -2.41. The molecule has 0 spiro atoms. The van der Waals surface area contributed by atoms with E-state index in [-0.39, 0.29) is 22.9 Å². The van der Waals surface area contributed by atoms with Crippen molar-refractivity contribution in [2.24, 2.45) is 5.92 Å². The summed E-state index contributed by atoms with van der Waals surface area (Å²) in [6.45, 7) is 12.9. The number of hydrogen-bond acceptors (Lipinski definition) is 3. The van der Waals surface area contributed by atoms with Gasteiger partial charge in [0.2, 0.25) is 0 Å². The highest BCUT2D eigenvalue weighted by atomic mass is 28.4. The summed E-state index contributed by atoms with van der Waals surface area (Å²) in [4.78, 5) is 10.4. The van der Waals surface area contributed by atoms with Gasteiger partial charge in [0.05, 0.1) is 10.5 Å². The maximum atomic E-state index is 13.2. The maximum absolute atomic E-state index is 13.2. The van der Waals surface area contributed by atoms with Crippen molar-refractivity contribution in [3.63, 3.8) is 0 Å². The Labute approximate surface area is 154 Å². The standard InChI is InChI=1S/C18H28F3NO3Si/c1-13(12-25-26(5,6)17(2,3)4)10-11-14-15(18(19,20)21)8-7-9-16(14)22(23)24/h7-9,13H,10-12H2,1-6H3. The van der Waals surface area contributed by atoms with E-state index in [1.807, 2.05) is 6.92 Å². The fourth-order valence-corrected chi connectivity index (χ4v) is 3.45. The van der Waals surface area contributed by atoms with Crippen LogP contribution in [0.15, 0.2) is 18.2 Å². The third-order valence-electron chi connectivity index (χ3n) is 5.08. The van der Waals surface area contributed by atoms with Crippen molar-refractivity contribution in [1.29, 1.82) is 0 Å². The summed E-state index contributed by atoms with van der Waals surface area (Å²) in [5.74, 6) is 0.00465. The van der Waals surface area contributed by atoms with Crippen LogP contribution >= 0.6 is 0 Å². The Morgan fingerprint density at radius 1 is 1.23 bits per heavy atom. The molecule has 0 aliphatic heterocycles. The molecule has 4 nitrogen and oxygen atoms in total. The van der Waals surface area contributed by atoms with E-state index in [2.05, 4.69) is 33.9 Å². The monoisotopic (exact) mass is 391 g/mol. The van der Waals surface area contributed by atoms with Crippen molar-refractivity contribution in [3.05, 3.63) is 39.4 Å². The smallest absolute Gasteiger partial charge is 0.416 e. The van der Waals surface area contributed by atoms with E-state index in [9.17, 15) is 23.3 Å². The molecule has 0 amide bonds. The van der Waals surface area contributed by atoms with Crippen LogP contribution in [0.25, 0.3) is 0 Å².